The van der Waals surface area contributed by atoms with Gasteiger partial charge < -0.3 is 10.1 Å². The topological polar surface area (TPSA) is 68.3 Å². The first kappa shape index (κ1) is 12.1. The quantitative estimate of drug-likeness (QED) is 0.474. The fourth-order valence-electron chi connectivity index (χ4n) is 1.03. The minimum absolute atomic E-state index is 0.218. The lowest BCUT2D eigenvalue weighted by Crippen LogP contribution is -2.18. The smallest absolute Gasteiger partial charge is 0.315 e. The van der Waals surface area contributed by atoms with Gasteiger partial charge in [0.2, 0.25) is 11.9 Å². The van der Waals surface area contributed by atoms with Crippen LogP contribution in [0.3, 0.4) is 0 Å². The van der Waals surface area contributed by atoms with Crippen LogP contribution in [0.15, 0.2) is 18.3 Å². The Morgan fingerprint density at radius 2 is 2.31 bits per heavy atom. The summed E-state index contributed by atoms with van der Waals surface area (Å²) in [5.74, 6) is -1.87. The zero-order valence-corrected chi connectivity index (χ0v) is 8.70. The number of nitrogens with one attached hydrogen (secondary N) is 1. The summed E-state index contributed by atoms with van der Waals surface area (Å²) in [6, 6.07) is 2.48. The average molecular weight is 226 g/mol. The Morgan fingerprint density at radius 3 is 2.94 bits per heavy atom. The van der Waals surface area contributed by atoms with Crippen LogP contribution in [0.5, 0.6) is 0 Å². The Kier molecular flexibility index (Phi) is 4.38. The number of pyridine rings is 1. The summed E-state index contributed by atoms with van der Waals surface area (Å²) in [6.45, 7) is 1.87. The zero-order chi connectivity index (χ0) is 12.0. The Labute approximate surface area is 91.6 Å². The summed E-state index contributed by atoms with van der Waals surface area (Å²) in [7, 11) is 0. The molecule has 0 atom stereocenters. The molecule has 1 aromatic rings. The van der Waals surface area contributed by atoms with Crippen molar-refractivity contribution in [1.29, 1.82) is 0 Å². The summed E-state index contributed by atoms with van der Waals surface area (Å²) in [5.41, 5.74) is 0.252. The molecule has 0 bridgehead atoms. The molecule has 0 saturated heterocycles. The number of carbonyl (C=O) groups is 2. The van der Waals surface area contributed by atoms with E-state index >= 15 is 0 Å². The number of amides is 1. The van der Waals surface area contributed by atoms with Gasteiger partial charge in [-0.1, -0.05) is 0 Å². The van der Waals surface area contributed by atoms with Crippen LogP contribution in [-0.2, 0) is 14.3 Å². The molecule has 0 aliphatic rings. The van der Waals surface area contributed by atoms with Crippen molar-refractivity contribution >= 4 is 17.6 Å². The Bertz CT molecular complexity index is 395. The minimum atomic E-state index is -0.700. The summed E-state index contributed by atoms with van der Waals surface area (Å²) >= 11 is 0. The molecule has 0 aliphatic heterocycles. The van der Waals surface area contributed by atoms with Gasteiger partial charge >= 0.3 is 5.97 Å². The first-order valence-corrected chi connectivity index (χ1v) is 4.69. The van der Waals surface area contributed by atoms with Crippen LogP contribution in [-0.4, -0.2) is 23.5 Å². The second kappa shape index (κ2) is 5.79. The predicted molar refractivity (Wildman–Crippen MR) is 54.1 cm³/mol. The lowest BCUT2D eigenvalue weighted by Gasteiger charge is -2.04. The summed E-state index contributed by atoms with van der Waals surface area (Å²) in [5, 5.41) is 2.35. The SMILES string of the molecule is CCOC(=O)CC(=O)Nc1ccnc(F)c1. The molecule has 1 heterocycles. The third-order valence-electron chi connectivity index (χ3n) is 1.62. The van der Waals surface area contributed by atoms with Gasteiger partial charge in [0.1, 0.15) is 6.42 Å². The summed E-state index contributed by atoms with van der Waals surface area (Å²) < 4.78 is 17.2. The third-order valence-corrected chi connectivity index (χ3v) is 1.62. The Balaban J connectivity index is 2.48. The maximum Gasteiger partial charge on any atom is 0.315 e. The second-order valence-electron chi connectivity index (χ2n) is 2.90. The molecule has 1 aromatic heterocycles. The van der Waals surface area contributed by atoms with Crippen molar-refractivity contribution < 1.29 is 18.7 Å². The number of hydrogen-bond acceptors (Lipinski definition) is 4. The molecule has 0 fully saturated rings. The molecule has 86 valence electrons. The molecule has 5 nitrogen and oxygen atoms in total. The number of aromatic nitrogens is 1. The van der Waals surface area contributed by atoms with Crippen LogP contribution in [0.2, 0.25) is 0 Å². The van der Waals surface area contributed by atoms with Gasteiger partial charge in [0, 0.05) is 18.0 Å². The van der Waals surface area contributed by atoms with E-state index in [-0.39, 0.29) is 12.3 Å². The van der Waals surface area contributed by atoms with E-state index in [4.69, 9.17) is 0 Å². The molecule has 0 aliphatic carbocycles. The maximum atomic E-state index is 12.6. The minimum Gasteiger partial charge on any atom is -0.466 e. The van der Waals surface area contributed by atoms with Crippen molar-refractivity contribution in [3.63, 3.8) is 0 Å². The highest BCUT2D eigenvalue weighted by atomic mass is 19.1. The second-order valence-corrected chi connectivity index (χ2v) is 2.90. The number of anilines is 1. The van der Waals surface area contributed by atoms with Crippen molar-refractivity contribution in [3.8, 4) is 0 Å². The fraction of sp³-hybridized carbons (Fsp3) is 0.300. The number of rotatable bonds is 4. The molecule has 1 rings (SSSR count). The normalized spacial score (nSPS) is 9.62. The van der Waals surface area contributed by atoms with Crippen molar-refractivity contribution in [2.45, 2.75) is 13.3 Å². The van der Waals surface area contributed by atoms with Gasteiger partial charge in [0.05, 0.1) is 6.61 Å². The van der Waals surface area contributed by atoms with Crippen molar-refractivity contribution in [1.82, 2.24) is 4.98 Å². The molecular weight excluding hydrogens is 215 g/mol. The zero-order valence-electron chi connectivity index (χ0n) is 8.70. The van der Waals surface area contributed by atoms with Gasteiger partial charge in [-0.2, -0.15) is 4.39 Å². The lowest BCUT2D eigenvalue weighted by atomic mass is 10.3. The molecule has 1 N–H and O–H groups in total. The molecule has 16 heavy (non-hydrogen) atoms. The van der Waals surface area contributed by atoms with Crippen LogP contribution in [0, 0.1) is 5.95 Å². The molecule has 0 radical (unpaired) electrons. The van der Waals surface area contributed by atoms with E-state index in [0.29, 0.717) is 0 Å². The van der Waals surface area contributed by atoms with E-state index in [1.165, 1.54) is 12.3 Å². The van der Waals surface area contributed by atoms with Crippen molar-refractivity contribution in [2.75, 3.05) is 11.9 Å². The number of ether oxygens (including phenoxy) is 1. The van der Waals surface area contributed by atoms with Crippen LogP contribution in [0.4, 0.5) is 10.1 Å². The van der Waals surface area contributed by atoms with Gasteiger partial charge in [-0.05, 0) is 13.0 Å². The number of esters is 1. The number of halogens is 1. The van der Waals surface area contributed by atoms with Gasteiger partial charge in [-0.25, -0.2) is 4.98 Å². The lowest BCUT2D eigenvalue weighted by molar-refractivity contribution is -0.145. The van der Waals surface area contributed by atoms with Crippen LogP contribution in [0.1, 0.15) is 13.3 Å². The molecular formula is C10H11FN2O3. The first-order chi connectivity index (χ1) is 7.61. The van der Waals surface area contributed by atoms with Gasteiger partial charge in [-0.15, -0.1) is 0 Å². The van der Waals surface area contributed by atoms with Gasteiger partial charge in [0.25, 0.3) is 0 Å². The van der Waals surface area contributed by atoms with E-state index < -0.39 is 24.2 Å². The molecule has 0 unspecified atom stereocenters. The van der Waals surface area contributed by atoms with Gasteiger partial charge in [-0.3, -0.25) is 9.59 Å². The van der Waals surface area contributed by atoms with E-state index in [0.717, 1.165) is 6.07 Å². The largest absolute Gasteiger partial charge is 0.466 e. The number of hydrogen-bond donors (Lipinski definition) is 1. The summed E-state index contributed by atoms with van der Waals surface area (Å²) in [4.78, 5) is 25.5. The summed E-state index contributed by atoms with van der Waals surface area (Å²) in [6.07, 6.45) is 0.826. The van der Waals surface area contributed by atoms with E-state index in [2.05, 4.69) is 15.0 Å². The molecule has 0 spiro atoms. The monoisotopic (exact) mass is 226 g/mol. The highest BCUT2D eigenvalue weighted by molar-refractivity contribution is 6.01. The van der Waals surface area contributed by atoms with E-state index in [9.17, 15) is 14.0 Å². The standard InChI is InChI=1S/C10H11FN2O3/c1-2-16-10(15)6-9(14)13-7-3-4-12-8(11)5-7/h3-5H,2,6H2,1H3,(H,12,13,14). The number of nitrogens with zero attached hydrogens (tertiary/aromatic N) is 1. The Morgan fingerprint density at radius 1 is 1.56 bits per heavy atom. The molecule has 0 aromatic carbocycles. The fourth-order valence-corrected chi connectivity index (χ4v) is 1.03. The van der Waals surface area contributed by atoms with E-state index in [1.807, 2.05) is 0 Å². The maximum absolute atomic E-state index is 12.6. The highest BCUT2D eigenvalue weighted by Crippen LogP contribution is 2.07. The predicted octanol–water partition coefficient (Wildman–Crippen LogP) is 1.11. The van der Waals surface area contributed by atoms with Crippen LogP contribution >= 0.6 is 0 Å². The third kappa shape index (κ3) is 4.04. The van der Waals surface area contributed by atoms with Crippen LogP contribution < -0.4 is 5.32 Å². The first-order valence-electron chi connectivity index (χ1n) is 4.69. The highest BCUT2D eigenvalue weighted by Gasteiger charge is 2.10. The van der Waals surface area contributed by atoms with Crippen LogP contribution in [0.25, 0.3) is 0 Å². The van der Waals surface area contributed by atoms with Gasteiger partial charge in [0.15, 0.2) is 0 Å². The average Bonchev–Trinajstić information content (AvgIpc) is 2.17. The van der Waals surface area contributed by atoms with Crippen molar-refractivity contribution in [3.05, 3.63) is 24.3 Å². The number of carbonyl (C=O) groups excluding carboxylic acids is 2. The molecule has 0 saturated carbocycles. The van der Waals surface area contributed by atoms with E-state index in [1.54, 1.807) is 6.92 Å². The van der Waals surface area contributed by atoms with Crippen molar-refractivity contribution in [2.24, 2.45) is 0 Å². The Hall–Kier alpha value is -1.98. The molecule has 1 amide bonds. The molecule has 6 heteroatoms.